The molecule has 2 rings (SSSR count). The van der Waals surface area contributed by atoms with E-state index in [1.807, 2.05) is 21.0 Å². The lowest BCUT2D eigenvalue weighted by Crippen LogP contribution is -2.33. The smallest absolute Gasteiger partial charge is 0.244 e. The molecule has 1 atom stereocenters. The highest BCUT2D eigenvalue weighted by Crippen LogP contribution is 2.23. The maximum absolute atomic E-state index is 12.2. The third-order valence-corrected chi connectivity index (χ3v) is 3.66. The van der Waals surface area contributed by atoms with Gasteiger partial charge in [-0.15, -0.1) is 0 Å². The number of rotatable bonds is 4. The van der Waals surface area contributed by atoms with Gasteiger partial charge in [0, 0.05) is 45.7 Å². The Bertz CT molecular complexity index is 464. The zero-order valence-electron chi connectivity index (χ0n) is 12.4. The maximum Gasteiger partial charge on any atom is 0.244 e. The summed E-state index contributed by atoms with van der Waals surface area (Å²) in [5, 5.41) is 3.34. The number of nitrogens with one attached hydrogen (secondary N) is 1. The van der Waals surface area contributed by atoms with Crippen molar-refractivity contribution < 1.29 is 4.79 Å². The van der Waals surface area contributed by atoms with E-state index in [2.05, 4.69) is 16.8 Å². The monoisotopic (exact) mass is 264 g/mol. The first-order valence-corrected chi connectivity index (χ1v) is 7.07. The second kappa shape index (κ2) is 5.74. The van der Waals surface area contributed by atoms with Gasteiger partial charge < -0.3 is 14.8 Å². The van der Waals surface area contributed by atoms with Crippen molar-refractivity contribution >= 4 is 5.91 Å². The molecule has 0 bridgehead atoms. The summed E-state index contributed by atoms with van der Waals surface area (Å²) in [4.78, 5) is 18.6. The molecular weight excluding hydrogens is 240 g/mol. The van der Waals surface area contributed by atoms with Crippen molar-refractivity contribution in [2.45, 2.75) is 45.7 Å². The average molecular weight is 264 g/mol. The molecule has 1 unspecified atom stereocenters. The molecule has 106 valence electrons. The molecule has 0 spiro atoms. The Labute approximate surface area is 115 Å². The summed E-state index contributed by atoms with van der Waals surface area (Å²) in [6, 6.07) is -0.161. The molecule has 1 aromatic heterocycles. The number of hydrogen-bond acceptors (Lipinski definition) is 3. The molecule has 0 aromatic carbocycles. The van der Waals surface area contributed by atoms with Gasteiger partial charge in [0.1, 0.15) is 11.9 Å². The first-order valence-electron chi connectivity index (χ1n) is 7.07. The Hall–Kier alpha value is -1.36. The van der Waals surface area contributed by atoms with Crippen LogP contribution in [0.4, 0.5) is 0 Å². The van der Waals surface area contributed by atoms with Crippen LogP contribution in [0.15, 0.2) is 0 Å². The van der Waals surface area contributed by atoms with Crippen molar-refractivity contribution in [3.05, 3.63) is 17.2 Å². The van der Waals surface area contributed by atoms with E-state index >= 15 is 0 Å². The predicted molar refractivity (Wildman–Crippen MR) is 75.0 cm³/mol. The van der Waals surface area contributed by atoms with Crippen molar-refractivity contribution in [2.75, 3.05) is 20.6 Å². The Morgan fingerprint density at radius 1 is 1.53 bits per heavy atom. The third kappa shape index (κ3) is 2.66. The Morgan fingerprint density at radius 2 is 2.26 bits per heavy atom. The summed E-state index contributed by atoms with van der Waals surface area (Å²) in [6.45, 7) is 5.91. The Balaban J connectivity index is 2.41. The summed E-state index contributed by atoms with van der Waals surface area (Å²) in [5.41, 5.74) is 2.36. The molecule has 2 heterocycles. The molecule has 5 heteroatoms. The molecule has 19 heavy (non-hydrogen) atoms. The first kappa shape index (κ1) is 14.1. The molecule has 1 aliphatic heterocycles. The quantitative estimate of drug-likeness (QED) is 0.887. The molecule has 0 aliphatic carbocycles. The average Bonchev–Trinajstić information content (AvgIpc) is 2.75. The van der Waals surface area contributed by atoms with Crippen LogP contribution in [0.25, 0.3) is 0 Å². The fourth-order valence-corrected chi connectivity index (χ4v) is 2.73. The minimum Gasteiger partial charge on any atom is -0.347 e. The van der Waals surface area contributed by atoms with Crippen LogP contribution >= 0.6 is 0 Å². The molecule has 0 saturated carbocycles. The number of hydrogen-bond donors (Lipinski definition) is 1. The molecule has 0 saturated heterocycles. The number of nitrogens with zero attached hydrogens (tertiary/aromatic N) is 3. The van der Waals surface area contributed by atoms with Crippen molar-refractivity contribution in [1.29, 1.82) is 0 Å². The van der Waals surface area contributed by atoms with Gasteiger partial charge in [-0.1, -0.05) is 6.92 Å². The lowest BCUT2D eigenvalue weighted by atomic mass is 10.1. The van der Waals surface area contributed by atoms with Crippen LogP contribution in [-0.4, -0.2) is 41.0 Å². The summed E-state index contributed by atoms with van der Waals surface area (Å²) in [7, 11) is 3.62. The molecule has 1 N–H and O–H groups in total. The number of carbonyl (C=O) groups is 1. The molecule has 0 fully saturated rings. The van der Waals surface area contributed by atoms with Crippen LogP contribution in [0, 0.1) is 0 Å². The lowest BCUT2D eigenvalue weighted by molar-refractivity contribution is -0.131. The fraction of sp³-hybridized carbons (Fsp3) is 0.714. The van der Waals surface area contributed by atoms with E-state index in [0.29, 0.717) is 0 Å². The van der Waals surface area contributed by atoms with Gasteiger partial charge in [-0.2, -0.15) is 0 Å². The van der Waals surface area contributed by atoms with Crippen molar-refractivity contribution in [2.24, 2.45) is 0 Å². The zero-order chi connectivity index (χ0) is 14.0. The van der Waals surface area contributed by atoms with Gasteiger partial charge in [-0.3, -0.25) is 4.79 Å². The Morgan fingerprint density at radius 3 is 2.89 bits per heavy atom. The number of likely N-dealkylation sites (N-methyl/N-ethyl adjacent to an activating group) is 1. The van der Waals surface area contributed by atoms with Gasteiger partial charge in [-0.05, 0) is 13.3 Å². The predicted octanol–water partition coefficient (Wildman–Crippen LogP) is 1.13. The zero-order valence-corrected chi connectivity index (χ0v) is 12.4. The second-order valence-corrected chi connectivity index (χ2v) is 5.38. The maximum atomic E-state index is 12.2. The van der Waals surface area contributed by atoms with Crippen molar-refractivity contribution in [1.82, 2.24) is 19.8 Å². The van der Waals surface area contributed by atoms with E-state index in [9.17, 15) is 4.79 Å². The van der Waals surface area contributed by atoms with Crippen molar-refractivity contribution in [3.8, 4) is 0 Å². The van der Waals surface area contributed by atoms with E-state index in [0.717, 1.165) is 43.9 Å². The number of imidazole rings is 1. The van der Waals surface area contributed by atoms with Gasteiger partial charge in [0.25, 0.3) is 0 Å². The molecule has 5 nitrogen and oxygen atoms in total. The molecule has 1 aromatic rings. The SMILES string of the molecule is CCCc1nc2c(n1C(C)C(=O)N(C)C)CCNC2. The lowest BCUT2D eigenvalue weighted by Gasteiger charge is -2.23. The first-order chi connectivity index (χ1) is 9.06. The van der Waals surface area contributed by atoms with Crippen LogP contribution in [0.5, 0.6) is 0 Å². The molecule has 0 radical (unpaired) electrons. The standard InChI is InChI=1S/C14H24N4O/c1-5-6-13-16-11-9-15-8-7-12(11)18(13)10(2)14(19)17(3)4/h10,15H,5-9H2,1-4H3. The summed E-state index contributed by atoms with van der Waals surface area (Å²) >= 11 is 0. The number of carbonyl (C=O) groups excluding carboxylic acids is 1. The van der Waals surface area contributed by atoms with Gasteiger partial charge in [0.15, 0.2) is 0 Å². The minimum absolute atomic E-state index is 0.135. The summed E-state index contributed by atoms with van der Waals surface area (Å²) in [6.07, 6.45) is 2.93. The van der Waals surface area contributed by atoms with Crippen LogP contribution in [0.2, 0.25) is 0 Å². The summed E-state index contributed by atoms with van der Waals surface area (Å²) < 4.78 is 2.17. The van der Waals surface area contributed by atoms with Crippen LogP contribution < -0.4 is 5.32 Å². The minimum atomic E-state index is -0.161. The normalized spacial score (nSPS) is 16.0. The van der Waals surface area contributed by atoms with Gasteiger partial charge >= 0.3 is 0 Å². The highest BCUT2D eigenvalue weighted by molar-refractivity contribution is 5.79. The van der Waals surface area contributed by atoms with Crippen LogP contribution in [0.1, 0.15) is 43.5 Å². The van der Waals surface area contributed by atoms with Gasteiger partial charge in [-0.25, -0.2) is 4.98 Å². The van der Waals surface area contributed by atoms with Gasteiger partial charge in [0.05, 0.1) is 5.69 Å². The van der Waals surface area contributed by atoms with E-state index in [1.54, 1.807) is 4.90 Å². The molecular formula is C14H24N4O. The second-order valence-electron chi connectivity index (χ2n) is 5.38. The van der Waals surface area contributed by atoms with E-state index in [1.165, 1.54) is 5.69 Å². The number of amides is 1. The highest BCUT2D eigenvalue weighted by Gasteiger charge is 2.26. The summed E-state index contributed by atoms with van der Waals surface area (Å²) in [5.74, 6) is 1.19. The van der Waals surface area contributed by atoms with Crippen LogP contribution in [-0.2, 0) is 24.2 Å². The topological polar surface area (TPSA) is 50.2 Å². The molecule has 1 aliphatic rings. The largest absolute Gasteiger partial charge is 0.347 e. The van der Waals surface area contributed by atoms with E-state index < -0.39 is 0 Å². The number of aryl methyl sites for hydroxylation is 1. The van der Waals surface area contributed by atoms with Crippen molar-refractivity contribution in [3.63, 3.8) is 0 Å². The number of fused-ring (bicyclic) bond motifs is 1. The van der Waals surface area contributed by atoms with E-state index in [-0.39, 0.29) is 11.9 Å². The number of aromatic nitrogens is 2. The Kier molecular flexibility index (Phi) is 4.24. The van der Waals surface area contributed by atoms with Gasteiger partial charge in [0.2, 0.25) is 5.91 Å². The molecule has 1 amide bonds. The highest BCUT2D eigenvalue weighted by atomic mass is 16.2. The third-order valence-electron chi connectivity index (χ3n) is 3.66. The van der Waals surface area contributed by atoms with Crippen LogP contribution in [0.3, 0.4) is 0 Å². The van der Waals surface area contributed by atoms with E-state index in [4.69, 9.17) is 4.98 Å². The fourth-order valence-electron chi connectivity index (χ4n) is 2.73.